The lowest BCUT2D eigenvalue weighted by Crippen LogP contribution is -2.49. The monoisotopic (exact) mass is 442 g/mol. The van der Waals surface area contributed by atoms with Crippen molar-refractivity contribution in [3.05, 3.63) is 94.7 Å². The average molecular weight is 442 g/mol. The van der Waals surface area contributed by atoms with Crippen molar-refractivity contribution in [3.63, 3.8) is 0 Å². The molecule has 2 unspecified atom stereocenters. The highest BCUT2D eigenvalue weighted by Gasteiger charge is 2.34. The lowest BCUT2D eigenvalue weighted by atomic mass is 10.1. The number of hydrogen-bond donors (Lipinski definition) is 1. The number of pyridine rings is 1. The van der Waals surface area contributed by atoms with Crippen LogP contribution in [-0.4, -0.2) is 32.9 Å². The maximum Gasteiger partial charge on any atom is 0.275 e. The Balaban J connectivity index is 1.40. The van der Waals surface area contributed by atoms with Gasteiger partial charge < -0.3 is 14.8 Å². The molecule has 0 aliphatic carbocycles. The average Bonchev–Trinajstić information content (AvgIpc) is 2.85. The number of benzene rings is 2. The summed E-state index contributed by atoms with van der Waals surface area (Å²) in [7, 11) is 0. The molecular weight excluding hydrogens is 420 g/mol. The first-order chi connectivity index (χ1) is 16.1. The molecule has 1 N–H and O–H groups in total. The van der Waals surface area contributed by atoms with Crippen LogP contribution >= 0.6 is 0 Å². The third-order valence-corrected chi connectivity index (χ3v) is 5.51. The van der Waals surface area contributed by atoms with Crippen molar-refractivity contribution in [2.24, 2.45) is 0 Å². The highest BCUT2D eigenvalue weighted by Crippen LogP contribution is 2.33. The van der Waals surface area contributed by atoms with Crippen molar-refractivity contribution in [1.29, 1.82) is 0 Å². The molecule has 0 bridgehead atoms. The van der Waals surface area contributed by atoms with E-state index in [4.69, 9.17) is 9.47 Å². The Morgan fingerprint density at radius 3 is 2.42 bits per heavy atom. The first kappa shape index (κ1) is 20.7. The van der Waals surface area contributed by atoms with Crippen LogP contribution in [-0.2, 0) is 17.9 Å². The molecule has 1 amide bonds. The van der Waals surface area contributed by atoms with E-state index in [1.807, 2.05) is 48.5 Å². The third-order valence-electron chi connectivity index (χ3n) is 5.51. The van der Waals surface area contributed by atoms with Crippen molar-refractivity contribution in [2.75, 3.05) is 0 Å². The van der Waals surface area contributed by atoms with Gasteiger partial charge in [0, 0.05) is 11.6 Å². The molecule has 0 fully saturated rings. The highest BCUT2D eigenvalue weighted by atomic mass is 16.6. The molecule has 3 heterocycles. The molecule has 1 aliphatic heterocycles. The number of carbonyl (C=O) groups excluding carboxylic acids is 1. The van der Waals surface area contributed by atoms with E-state index < -0.39 is 12.2 Å². The van der Waals surface area contributed by atoms with Gasteiger partial charge in [0.1, 0.15) is 6.10 Å². The van der Waals surface area contributed by atoms with Gasteiger partial charge in [-0.3, -0.25) is 14.6 Å². The maximum absolute atomic E-state index is 13.0. The molecule has 2 atom stereocenters. The van der Waals surface area contributed by atoms with Crippen molar-refractivity contribution in [2.45, 2.75) is 32.2 Å². The van der Waals surface area contributed by atoms with Gasteiger partial charge in [0.25, 0.3) is 11.5 Å². The second-order valence-corrected chi connectivity index (χ2v) is 7.80. The number of nitrogens with one attached hydrogen (secondary N) is 1. The van der Waals surface area contributed by atoms with E-state index in [0.717, 1.165) is 5.69 Å². The molecule has 0 saturated carbocycles. The van der Waals surface area contributed by atoms with Gasteiger partial charge >= 0.3 is 0 Å². The molecule has 8 heteroatoms. The normalized spacial score (nSPS) is 17.0. The van der Waals surface area contributed by atoms with E-state index in [1.165, 1.54) is 4.68 Å². The summed E-state index contributed by atoms with van der Waals surface area (Å²) in [6, 6.07) is 20.0. The molecule has 5 rings (SSSR count). The summed E-state index contributed by atoms with van der Waals surface area (Å²) in [6.45, 7) is 2.16. The Bertz CT molecular complexity index is 1370. The fraction of sp³-hybridized carbons (Fsp3) is 0.200. The Morgan fingerprint density at radius 2 is 1.67 bits per heavy atom. The van der Waals surface area contributed by atoms with Gasteiger partial charge in [0.05, 0.1) is 29.9 Å². The van der Waals surface area contributed by atoms with E-state index in [-0.39, 0.29) is 24.6 Å². The third kappa shape index (κ3) is 4.15. The Morgan fingerprint density at radius 1 is 0.970 bits per heavy atom. The van der Waals surface area contributed by atoms with Crippen LogP contribution in [0.1, 0.15) is 18.3 Å². The summed E-state index contributed by atoms with van der Waals surface area (Å²) in [6.07, 6.45) is 0.419. The fourth-order valence-corrected chi connectivity index (χ4v) is 3.87. The highest BCUT2D eigenvalue weighted by molar-refractivity contribution is 5.85. The molecule has 0 spiro atoms. The van der Waals surface area contributed by atoms with Gasteiger partial charge in [-0.05, 0) is 37.3 Å². The van der Waals surface area contributed by atoms with Crippen LogP contribution in [0.5, 0.6) is 11.5 Å². The summed E-state index contributed by atoms with van der Waals surface area (Å²) in [5.41, 5.74) is 1.09. The van der Waals surface area contributed by atoms with Gasteiger partial charge in [-0.15, -0.1) is 0 Å². The Kier molecular flexibility index (Phi) is 5.48. The first-order valence-electron chi connectivity index (χ1n) is 10.7. The smallest absolute Gasteiger partial charge is 0.275 e. The summed E-state index contributed by atoms with van der Waals surface area (Å²) in [5.74, 6) is 0.830. The van der Waals surface area contributed by atoms with Gasteiger partial charge in [0.15, 0.2) is 11.5 Å². The molecule has 2 aromatic heterocycles. The van der Waals surface area contributed by atoms with E-state index >= 15 is 0 Å². The SMILES string of the molecule is CC1Oc2ccccc2OC1C(=O)NCc1nn(Cc2ccccn2)c(=O)c2ccccc12. The summed E-state index contributed by atoms with van der Waals surface area (Å²) < 4.78 is 13.1. The zero-order chi connectivity index (χ0) is 22.8. The predicted molar refractivity (Wildman–Crippen MR) is 122 cm³/mol. The number of carbonyl (C=O) groups is 1. The molecular formula is C25H22N4O4. The number of aromatic nitrogens is 3. The second-order valence-electron chi connectivity index (χ2n) is 7.80. The minimum absolute atomic E-state index is 0.135. The van der Waals surface area contributed by atoms with Crippen LogP contribution in [0.4, 0.5) is 0 Å². The molecule has 0 radical (unpaired) electrons. The standard InChI is InChI=1S/C25H22N4O4/c1-16-23(33-22-12-5-4-11-21(22)32-16)24(30)27-14-20-18-9-2-3-10-19(18)25(31)29(28-20)15-17-8-6-7-13-26-17/h2-13,16,23H,14-15H2,1H3,(H,27,30). The summed E-state index contributed by atoms with van der Waals surface area (Å²) in [5, 5.41) is 8.67. The number of amides is 1. The van der Waals surface area contributed by atoms with Crippen LogP contribution in [0.2, 0.25) is 0 Å². The number of fused-ring (bicyclic) bond motifs is 2. The van der Waals surface area contributed by atoms with Crippen LogP contribution < -0.4 is 20.3 Å². The number of hydrogen-bond acceptors (Lipinski definition) is 6. The van der Waals surface area contributed by atoms with Gasteiger partial charge in [0.2, 0.25) is 6.10 Å². The van der Waals surface area contributed by atoms with E-state index in [1.54, 1.807) is 31.3 Å². The molecule has 4 aromatic rings. The predicted octanol–water partition coefficient (Wildman–Crippen LogP) is 2.68. The van der Waals surface area contributed by atoms with Crippen LogP contribution in [0.15, 0.2) is 77.7 Å². The van der Waals surface area contributed by atoms with Gasteiger partial charge in [-0.1, -0.05) is 36.4 Å². The fourth-order valence-electron chi connectivity index (χ4n) is 3.87. The Labute approximate surface area is 189 Å². The summed E-state index contributed by atoms with van der Waals surface area (Å²) >= 11 is 0. The molecule has 1 aliphatic rings. The van der Waals surface area contributed by atoms with Gasteiger partial charge in [-0.25, -0.2) is 4.68 Å². The molecule has 166 valence electrons. The molecule has 2 aromatic carbocycles. The molecule has 8 nitrogen and oxygen atoms in total. The second kappa shape index (κ2) is 8.74. The van der Waals surface area contributed by atoms with Crippen LogP contribution in [0.25, 0.3) is 10.8 Å². The maximum atomic E-state index is 13.0. The minimum Gasteiger partial charge on any atom is -0.482 e. The van der Waals surface area contributed by atoms with E-state index in [9.17, 15) is 9.59 Å². The zero-order valence-electron chi connectivity index (χ0n) is 18.0. The number of rotatable bonds is 5. The van der Waals surface area contributed by atoms with Gasteiger partial charge in [-0.2, -0.15) is 5.10 Å². The van der Waals surface area contributed by atoms with Crippen molar-refractivity contribution >= 4 is 16.7 Å². The Hall–Kier alpha value is -4.20. The number of nitrogens with zero attached hydrogens (tertiary/aromatic N) is 3. The zero-order valence-corrected chi connectivity index (χ0v) is 18.0. The molecule has 33 heavy (non-hydrogen) atoms. The summed E-state index contributed by atoms with van der Waals surface area (Å²) in [4.78, 5) is 30.2. The minimum atomic E-state index is -0.800. The topological polar surface area (TPSA) is 95.3 Å². The lowest BCUT2D eigenvalue weighted by molar-refractivity contribution is -0.133. The van der Waals surface area contributed by atoms with E-state index in [2.05, 4.69) is 15.4 Å². The van der Waals surface area contributed by atoms with Crippen molar-refractivity contribution < 1.29 is 14.3 Å². The quantitative estimate of drug-likeness (QED) is 0.511. The van der Waals surface area contributed by atoms with Crippen molar-refractivity contribution in [1.82, 2.24) is 20.1 Å². The van der Waals surface area contributed by atoms with Crippen molar-refractivity contribution in [3.8, 4) is 11.5 Å². The molecule has 0 saturated heterocycles. The largest absolute Gasteiger partial charge is 0.482 e. The van der Waals surface area contributed by atoms with Crippen LogP contribution in [0, 0.1) is 0 Å². The van der Waals surface area contributed by atoms with Crippen LogP contribution in [0.3, 0.4) is 0 Å². The van der Waals surface area contributed by atoms with E-state index in [0.29, 0.717) is 28.0 Å². The lowest BCUT2D eigenvalue weighted by Gasteiger charge is -2.31. The number of para-hydroxylation sites is 2. The number of ether oxygens (including phenoxy) is 2. The first-order valence-corrected chi connectivity index (χ1v) is 10.7.